The number of aromatic nitrogens is 2. The Hall–Kier alpha value is -3.01. The minimum atomic E-state index is -0.297. The first kappa shape index (κ1) is 24.7. The molecule has 5 rings (SSSR count). The fraction of sp³-hybridized carbons (Fsp3) is 0.346. The first-order chi connectivity index (χ1) is 17.6. The van der Waals surface area contributed by atoms with E-state index in [0.29, 0.717) is 29.9 Å². The minimum absolute atomic E-state index is 0.297. The lowest BCUT2D eigenvalue weighted by molar-refractivity contribution is 0.122. The third-order valence-corrected chi connectivity index (χ3v) is 7.58. The van der Waals surface area contributed by atoms with E-state index in [4.69, 9.17) is 21.3 Å². The molecule has 10 heteroatoms. The van der Waals surface area contributed by atoms with Crippen LogP contribution in [0.3, 0.4) is 0 Å². The van der Waals surface area contributed by atoms with Crippen LogP contribution in [0.2, 0.25) is 5.15 Å². The molecular weight excluding hydrogens is 496 g/mol. The highest BCUT2D eigenvalue weighted by Crippen LogP contribution is 2.29. The Balaban J connectivity index is 1.22. The van der Waals surface area contributed by atoms with E-state index < -0.39 is 0 Å². The monoisotopic (exact) mass is 524 g/mol. The van der Waals surface area contributed by atoms with Gasteiger partial charge in [0.05, 0.1) is 13.2 Å². The molecule has 0 saturated carbocycles. The number of carbonyl (C=O) groups is 1. The number of halogens is 1. The molecule has 2 fully saturated rings. The largest absolute Gasteiger partial charge is 0.378 e. The van der Waals surface area contributed by atoms with Crippen molar-refractivity contribution in [3.05, 3.63) is 59.2 Å². The number of hydrogen-bond acceptors (Lipinski definition) is 7. The van der Waals surface area contributed by atoms with Gasteiger partial charge < -0.3 is 25.2 Å². The number of rotatable bonds is 5. The van der Waals surface area contributed by atoms with Crippen LogP contribution in [0.1, 0.15) is 5.56 Å². The maximum Gasteiger partial charge on any atom is 0.323 e. The summed E-state index contributed by atoms with van der Waals surface area (Å²) in [6.07, 6.45) is 0. The van der Waals surface area contributed by atoms with Gasteiger partial charge in [-0.2, -0.15) is 11.8 Å². The van der Waals surface area contributed by atoms with Crippen LogP contribution in [0.4, 0.5) is 27.7 Å². The second-order valence-electron chi connectivity index (χ2n) is 8.69. The number of morpholine rings is 1. The third-order valence-electron chi connectivity index (χ3n) is 6.27. The van der Waals surface area contributed by atoms with Gasteiger partial charge in [0.25, 0.3) is 0 Å². The Kier molecular flexibility index (Phi) is 7.79. The number of anilines is 4. The summed E-state index contributed by atoms with van der Waals surface area (Å²) in [6, 6.07) is 15.1. The van der Waals surface area contributed by atoms with Gasteiger partial charge in [-0.3, -0.25) is 0 Å². The summed E-state index contributed by atoms with van der Waals surface area (Å²) in [5, 5.41) is 6.21. The molecule has 1 aromatic heterocycles. The molecule has 3 heterocycles. The topological polar surface area (TPSA) is 82.6 Å². The number of nitrogens with zero attached hydrogens (tertiary/aromatic N) is 4. The normalized spacial score (nSPS) is 16.1. The number of carbonyl (C=O) groups excluding carboxylic acids is 1. The van der Waals surface area contributed by atoms with Crippen molar-refractivity contribution in [1.82, 2.24) is 9.97 Å². The van der Waals surface area contributed by atoms with Gasteiger partial charge in [0.2, 0.25) is 0 Å². The number of ether oxygens (including phenoxy) is 1. The van der Waals surface area contributed by atoms with Crippen LogP contribution >= 0.6 is 23.4 Å². The van der Waals surface area contributed by atoms with E-state index in [1.54, 1.807) is 0 Å². The lowest BCUT2D eigenvalue weighted by Gasteiger charge is -2.29. The second-order valence-corrected chi connectivity index (χ2v) is 10.3. The molecule has 3 aromatic rings. The maximum absolute atomic E-state index is 12.5. The van der Waals surface area contributed by atoms with Gasteiger partial charge in [0, 0.05) is 65.9 Å². The molecule has 0 radical (unpaired) electrons. The van der Waals surface area contributed by atoms with E-state index in [2.05, 4.69) is 37.6 Å². The highest BCUT2D eigenvalue weighted by molar-refractivity contribution is 7.99. The molecule has 0 bridgehead atoms. The molecular formula is C26H29ClN6O2S. The highest BCUT2D eigenvalue weighted by Gasteiger charge is 2.19. The van der Waals surface area contributed by atoms with Gasteiger partial charge in [-0.15, -0.1) is 0 Å². The van der Waals surface area contributed by atoms with Crippen molar-refractivity contribution in [2.45, 2.75) is 6.92 Å². The number of amides is 2. The fourth-order valence-corrected chi connectivity index (χ4v) is 5.33. The average molecular weight is 525 g/mol. The summed E-state index contributed by atoms with van der Waals surface area (Å²) >= 11 is 8.43. The van der Waals surface area contributed by atoms with Gasteiger partial charge in [-0.05, 0) is 55.5 Å². The average Bonchev–Trinajstić information content (AvgIpc) is 2.92. The van der Waals surface area contributed by atoms with Crippen molar-refractivity contribution in [2.75, 3.05) is 71.3 Å². The van der Waals surface area contributed by atoms with Crippen LogP contribution in [-0.4, -0.2) is 66.9 Å². The number of hydrogen-bond donors (Lipinski definition) is 2. The Labute approximate surface area is 220 Å². The summed E-state index contributed by atoms with van der Waals surface area (Å²) in [6.45, 7) is 6.92. The van der Waals surface area contributed by atoms with E-state index in [0.717, 1.165) is 60.3 Å². The zero-order chi connectivity index (χ0) is 24.9. The molecule has 2 amide bonds. The van der Waals surface area contributed by atoms with Gasteiger partial charge >= 0.3 is 6.03 Å². The summed E-state index contributed by atoms with van der Waals surface area (Å²) < 4.78 is 5.46. The van der Waals surface area contributed by atoms with Crippen LogP contribution in [-0.2, 0) is 4.74 Å². The summed E-state index contributed by atoms with van der Waals surface area (Å²) in [5.74, 6) is 3.69. The van der Waals surface area contributed by atoms with Crippen LogP contribution in [0.5, 0.6) is 0 Å². The molecule has 2 aliphatic rings. The lowest BCUT2D eigenvalue weighted by atomic mass is 10.2. The first-order valence-electron chi connectivity index (χ1n) is 12.0. The molecule has 0 unspecified atom stereocenters. The molecule has 2 aliphatic heterocycles. The molecule has 8 nitrogen and oxygen atoms in total. The molecule has 2 saturated heterocycles. The summed E-state index contributed by atoms with van der Waals surface area (Å²) in [5.41, 5.74) is 4.29. The summed E-state index contributed by atoms with van der Waals surface area (Å²) in [4.78, 5) is 26.3. The van der Waals surface area contributed by atoms with E-state index in [-0.39, 0.29) is 6.03 Å². The minimum Gasteiger partial charge on any atom is -0.378 e. The first-order valence-corrected chi connectivity index (χ1v) is 13.6. The van der Waals surface area contributed by atoms with Crippen molar-refractivity contribution < 1.29 is 9.53 Å². The fourth-order valence-electron chi connectivity index (χ4n) is 4.26. The molecule has 188 valence electrons. The van der Waals surface area contributed by atoms with Crippen molar-refractivity contribution in [2.24, 2.45) is 0 Å². The molecule has 2 N–H and O–H groups in total. The number of nitrogens with one attached hydrogen (secondary N) is 2. The summed E-state index contributed by atoms with van der Waals surface area (Å²) in [7, 11) is 0. The van der Waals surface area contributed by atoms with E-state index in [9.17, 15) is 4.79 Å². The van der Waals surface area contributed by atoms with E-state index >= 15 is 0 Å². The van der Waals surface area contributed by atoms with Gasteiger partial charge in [0.15, 0.2) is 5.82 Å². The van der Waals surface area contributed by atoms with E-state index in [1.165, 1.54) is 5.69 Å². The Bertz CT molecular complexity index is 1200. The third kappa shape index (κ3) is 5.86. The number of benzene rings is 2. The molecule has 0 aliphatic carbocycles. The van der Waals surface area contributed by atoms with Crippen molar-refractivity contribution in [3.63, 3.8) is 0 Å². The van der Waals surface area contributed by atoms with Crippen molar-refractivity contribution >= 4 is 52.3 Å². The van der Waals surface area contributed by atoms with Crippen LogP contribution in [0.15, 0.2) is 48.5 Å². The standard InChI is InChI=1S/C26H29ClN6O2S/c1-18-23(27)30-24(31-25(18)33-10-14-35-15-11-33)19-2-4-20(5-3-19)28-26(34)29-21-6-8-22(9-7-21)32-12-16-36-17-13-32/h2-9H,10-17H2,1H3,(H2,28,29,34). The number of urea groups is 1. The molecule has 36 heavy (non-hydrogen) atoms. The SMILES string of the molecule is Cc1c(Cl)nc(-c2ccc(NC(=O)Nc3ccc(N4CCSCC4)cc3)cc2)nc1N1CCOCC1. The van der Waals surface area contributed by atoms with E-state index in [1.807, 2.05) is 55.1 Å². The predicted octanol–water partition coefficient (Wildman–Crippen LogP) is 5.14. The quantitative estimate of drug-likeness (QED) is 0.447. The van der Waals surface area contributed by atoms with Gasteiger partial charge in [0.1, 0.15) is 11.0 Å². The Morgan fingerprint density at radius 3 is 2.14 bits per heavy atom. The maximum atomic E-state index is 12.5. The van der Waals surface area contributed by atoms with Crippen LogP contribution in [0, 0.1) is 6.92 Å². The molecule has 2 aromatic carbocycles. The Morgan fingerprint density at radius 2 is 1.50 bits per heavy atom. The second kappa shape index (κ2) is 11.4. The zero-order valence-corrected chi connectivity index (χ0v) is 21.7. The van der Waals surface area contributed by atoms with Crippen molar-refractivity contribution in [3.8, 4) is 11.4 Å². The lowest BCUT2D eigenvalue weighted by Crippen LogP contribution is -2.37. The molecule has 0 atom stereocenters. The van der Waals surface area contributed by atoms with Gasteiger partial charge in [-0.25, -0.2) is 14.8 Å². The highest BCUT2D eigenvalue weighted by atomic mass is 35.5. The van der Waals surface area contributed by atoms with Crippen molar-refractivity contribution in [1.29, 1.82) is 0 Å². The Morgan fingerprint density at radius 1 is 0.889 bits per heavy atom. The molecule has 0 spiro atoms. The van der Waals surface area contributed by atoms with Crippen LogP contribution < -0.4 is 20.4 Å². The number of thioether (sulfide) groups is 1. The predicted molar refractivity (Wildman–Crippen MR) is 149 cm³/mol. The zero-order valence-electron chi connectivity index (χ0n) is 20.2. The van der Waals surface area contributed by atoms with Crippen LogP contribution in [0.25, 0.3) is 11.4 Å². The van der Waals surface area contributed by atoms with Gasteiger partial charge in [-0.1, -0.05) is 11.6 Å². The smallest absolute Gasteiger partial charge is 0.323 e.